The number of fused-ring (bicyclic) bond motifs is 3. The highest BCUT2D eigenvalue weighted by molar-refractivity contribution is 5.95. The van der Waals surface area contributed by atoms with Gasteiger partial charge >= 0.3 is 5.97 Å². The number of likely N-dealkylation sites (tertiary alicyclic amines) is 1. The second kappa shape index (κ2) is 12.0. The molecule has 0 bridgehead atoms. The number of carbonyl (C=O) groups is 3. The average molecular weight is 570 g/mol. The van der Waals surface area contributed by atoms with Gasteiger partial charge in [0.2, 0.25) is 5.91 Å². The van der Waals surface area contributed by atoms with E-state index in [1.807, 2.05) is 54.9 Å². The zero-order chi connectivity index (χ0) is 29.2. The van der Waals surface area contributed by atoms with Crippen LogP contribution in [0.1, 0.15) is 79.8 Å². The van der Waals surface area contributed by atoms with Gasteiger partial charge < -0.3 is 20.3 Å². The molecule has 3 aromatic rings. The third-order valence-corrected chi connectivity index (χ3v) is 9.03. The van der Waals surface area contributed by atoms with Crippen molar-refractivity contribution in [3.63, 3.8) is 0 Å². The van der Waals surface area contributed by atoms with Crippen molar-refractivity contribution in [3.05, 3.63) is 83.9 Å². The molecule has 2 amide bonds. The summed E-state index contributed by atoms with van der Waals surface area (Å²) in [6, 6.07) is 16.9. The number of nitrogens with zero attached hydrogens (tertiary/aromatic N) is 3. The van der Waals surface area contributed by atoms with E-state index in [0.29, 0.717) is 12.1 Å². The van der Waals surface area contributed by atoms with Crippen LogP contribution in [-0.2, 0) is 21.1 Å². The quantitative estimate of drug-likeness (QED) is 0.384. The summed E-state index contributed by atoms with van der Waals surface area (Å²) in [7, 11) is 0. The van der Waals surface area contributed by atoms with Gasteiger partial charge in [-0.05, 0) is 43.0 Å². The number of anilines is 1. The second-order valence-electron chi connectivity index (χ2n) is 12.0. The van der Waals surface area contributed by atoms with Gasteiger partial charge in [0.15, 0.2) is 6.73 Å². The van der Waals surface area contributed by atoms with Crippen LogP contribution in [0, 0.1) is 17.8 Å². The van der Waals surface area contributed by atoms with Crippen LogP contribution >= 0.6 is 0 Å². The number of esters is 1. The lowest BCUT2D eigenvalue weighted by Gasteiger charge is -2.41. The van der Waals surface area contributed by atoms with Gasteiger partial charge in [0.25, 0.3) is 5.91 Å². The first-order valence-electron chi connectivity index (χ1n) is 15.1. The van der Waals surface area contributed by atoms with Crippen molar-refractivity contribution < 1.29 is 19.1 Å². The molecule has 2 N–H and O–H groups in total. The van der Waals surface area contributed by atoms with E-state index in [-0.39, 0.29) is 60.4 Å². The van der Waals surface area contributed by atoms with Gasteiger partial charge in [-0.3, -0.25) is 19.0 Å². The Morgan fingerprint density at radius 1 is 1.02 bits per heavy atom. The van der Waals surface area contributed by atoms with Crippen molar-refractivity contribution in [1.29, 1.82) is 0 Å². The van der Waals surface area contributed by atoms with Gasteiger partial charge in [0.05, 0.1) is 23.9 Å². The summed E-state index contributed by atoms with van der Waals surface area (Å²) >= 11 is 0. The predicted octanol–water partition coefficient (Wildman–Crippen LogP) is 5.09. The molecule has 0 unspecified atom stereocenters. The van der Waals surface area contributed by atoms with Gasteiger partial charge in [0, 0.05) is 42.1 Å². The zero-order valence-corrected chi connectivity index (χ0v) is 24.2. The molecule has 6 rings (SSSR count). The van der Waals surface area contributed by atoms with Crippen LogP contribution in [0.4, 0.5) is 5.69 Å². The Kier molecular flexibility index (Phi) is 8.00. The zero-order valence-electron chi connectivity index (χ0n) is 24.2. The van der Waals surface area contributed by atoms with Crippen LogP contribution in [-0.4, -0.2) is 44.8 Å². The van der Waals surface area contributed by atoms with E-state index < -0.39 is 0 Å². The van der Waals surface area contributed by atoms with Gasteiger partial charge in [-0.15, -0.1) is 0 Å². The van der Waals surface area contributed by atoms with Crippen molar-refractivity contribution in [3.8, 4) is 0 Å². The van der Waals surface area contributed by atoms with E-state index in [1.54, 1.807) is 18.3 Å². The Morgan fingerprint density at radius 2 is 1.79 bits per heavy atom. The number of hydrogen-bond donors (Lipinski definition) is 2. The molecule has 1 saturated carbocycles. The fourth-order valence-electron chi connectivity index (χ4n) is 6.89. The molecule has 2 fully saturated rings. The first-order valence-corrected chi connectivity index (χ1v) is 15.1. The number of nitrogens with one attached hydrogen (secondary N) is 2. The summed E-state index contributed by atoms with van der Waals surface area (Å²) in [6.07, 6.45) is 7.91. The highest BCUT2D eigenvalue weighted by Gasteiger charge is 2.49. The van der Waals surface area contributed by atoms with Crippen molar-refractivity contribution in [2.45, 2.75) is 70.8 Å². The molecule has 2 aliphatic heterocycles. The molecule has 2 aromatic carbocycles. The number of aromatic nitrogens is 2. The molecule has 42 heavy (non-hydrogen) atoms. The number of ether oxygens (including phenoxy) is 1. The number of para-hydroxylation sites is 1. The van der Waals surface area contributed by atoms with Crippen molar-refractivity contribution >= 4 is 23.5 Å². The van der Waals surface area contributed by atoms with E-state index in [2.05, 4.69) is 32.7 Å². The normalized spacial score (nSPS) is 24.8. The van der Waals surface area contributed by atoms with Crippen molar-refractivity contribution in [2.75, 3.05) is 11.9 Å². The number of rotatable bonds is 7. The fraction of sp³-hybridized carbons (Fsp3) is 0.455. The standard InChI is InChI=1S/C33H39N5O4/c1-21(2)33(41)42-20-37-19-17-34-30(37)28-25-16-18-38(29(25)23-12-6-8-14-26(23)35-28)32(40)24-13-7-9-15-27(24)36-31(39)22-10-4-3-5-11-22/h3-6,8,10-12,14,17,19,21,24-25,27-29,35H,7,9,13,15-16,18,20H2,1-2H3,(H,36,39)/t24-,25-,27+,28-,29+/m0/s1. The molecular weight excluding hydrogens is 530 g/mol. The number of hydrogen-bond acceptors (Lipinski definition) is 6. The van der Waals surface area contributed by atoms with Crippen molar-refractivity contribution in [2.24, 2.45) is 17.8 Å². The highest BCUT2D eigenvalue weighted by Crippen LogP contribution is 2.51. The summed E-state index contributed by atoms with van der Waals surface area (Å²) in [5.74, 6) is 0.137. The molecule has 1 saturated heterocycles. The molecule has 9 nitrogen and oxygen atoms in total. The van der Waals surface area contributed by atoms with E-state index in [4.69, 9.17) is 4.74 Å². The molecule has 3 aliphatic rings. The molecule has 9 heteroatoms. The number of carbonyl (C=O) groups excluding carboxylic acids is 3. The minimum atomic E-state index is -0.261. The van der Waals surface area contributed by atoms with Crippen molar-refractivity contribution in [1.82, 2.24) is 19.8 Å². The summed E-state index contributed by atoms with van der Waals surface area (Å²) in [6.45, 7) is 4.36. The van der Waals surface area contributed by atoms with Gasteiger partial charge in [-0.1, -0.05) is 63.1 Å². The molecule has 1 aliphatic carbocycles. The number of amides is 2. The third-order valence-electron chi connectivity index (χ3n) is 9.03. The smallest absolute Gasteiger partial charge is 0.310 e. The van der Waals surface area contributed by atoms with E-state index >= 15 is 0 Å². The first kappa shape index (κ1) is 28.0. The van der Waals surface area contributed by atoms with E-state index in [0.717, 1.165) is 49.2 Å². The Labute approximate surface area is 246 Å². The predicted molar refractivity (Wildman–Crippen MR) is 158 cm³/mol. The van der Waals surface area contributed by atoms with Crippen LogP contribution in [0.25, 0.3) is 0 Å². The molecular formula is C33H39N5O4. The lowest BCUT2D eigenvalue weighted by Crippen LogP contribution is -2.50. The number of benzene rings is 2. The lowest BCUT2D eigenvalue weighted by atomic mass is 9.80. The van der Waals surface area contributed by atoms with Crippen LogP contribution in [0.3, 0.4) is 0 Å². The fourth-order valence-corrected chi connectivity index (χ4v) is 6.89. The Morgan fingerprint density at radius 3 is 2.60 bits per heavy atom. The third kappa shape index (κ3) is 5.40. The minimum Gasteiger partial charge on any atom is -0.444 e. The van der Waals surface area contributed by atoms with Crippen LogP contribution in [0.2, 0.25) is 0 Å². The Bertz CT molecular complexity index is 1440. The lowest BCUT2D eigenvalue weighted by molar-refractivity contribution is -0.151. The topological polar surface area (TPSA) is 106 Å². The van der Waals surface area contributed by atoms with Gasteiger partial charge in [-0.2, -0.15) is 0 Å². The summed E-state index contributed by atoms with van der Waals surface area (Å²) in [5, 5.41) is 6.89. The largest absolute Gasteiger partial charge is 0.444 e. The maximum atomic E-state index is 14.4. The minimum absolute atomic E-state index is 0.0896. The van der Waals surface area contributed by atoms with Crippen LogP contribution in [0.15, 0.2) is 67.0 Å². The maximum absolute atomic E-state index is 14.4. The molecule has 1 aromatic heterocycles. The highest BCUT2D eigenvalue weighted by atomic mass is 16.5. The summed E-state index contributed by atoms with van der Waals surface area (Å²) in [5.41, 5.74) is 2.70. The van der Waals surface area contributed by atoms with Gasteiger partial charge in [-0.25, -0.2) is 4.98 Å². The first-order chi connectivity index (χ1) is 20.4. The van der Waals surface area contributed by atoms with Crippen LogP contribution < -0.4 is 10.6 Å². The maximum Gasteiger partial charge on any atom is 0.310 e. The molecule has 5 atom stereocenters. The average Bonchev–Trinajstić information content (AvgIpc) is 3.68. The second-order valence-corrected chi connectivity index (χ2v) is 12.0. The monoisotopic (exact) mass is 569 g/mol. The Hall–Kier alpha value is -4.14. The SMILES string of the molecule is CC(C)C(=O)OCn1ccnc1[C@H]1Nc2ccccc2[C@@H]2[C@H]1CCN2C(=O)[C@H]1CCCC[C@H]1NC(=O)c1ccccc1. The summed E-state index contributed by atoms with van der Waals surface area (Å²) < 4.78 is 7.41. The van der Waals surface area contributed by atoms with E-state index in [9.17, 15) is 14.4 Å². The van der Waals surface area contributed by atoms with E-state index in [1.165, 1.54) is 0 Å². The Balaban J connectivity index is 1.25. The molecule has 3 heterocycles. The summed E-state index contributed by atoms with van der Waals surface area (Å²) in [4.78, 5) is 46.3. The van der Waals surface area contributed by atoms with Gasteiger partial charge in [0.1, 0.15) is 5.82 Å². The number of imidazole rings is 1. The molecule has 220 valence electrons. The molecule has 0 radical (unpaired) electrons. The molecule has 0 spiro atoms. The van der Waals surface area contributed by atoms with Crippen LogP contribution in [0.5, 0.6) is 0 Å².